The van der Waals surface area contributed by atoms with Gasteiger partial charge in [-0.1, -0.05) is 48.5 Å². The van der Waals surface area contributed by atoms with Gasteiger partial charge in [0.25, 0.3) is 0 Å². The van der Waals surface area contributed by atoms with Crippen LogP contribution in [0.2, 0.25) is 0 Å². The van der Waals surface area contributed by atoms with Crippen molar-refractivity contribution in [1.82, 2.24) is 5.32 Å². The second-order valence-electron chi connectivity index (χ2n) is 4.55. The summed E-state index contributed by atoms with van der Waals surface area (Å²) in [6.45, 7) is 0.191. The fourth-order valence-corrected chi connectivity index (χ4v) is 1.97. The molecule has 0 aliphatic rings. The van der Waals surface area contributed by atoms with Gasteiger partial charge >= 0.3 is 5.97 Å². The number of hydrogen-bond acceptors (Lipinski definition) is 2. The standard InChI is InChI=1S/C16H16FNO2/c17-14-9-5-4-8-13(14)11-18-15(16(19)20)10-12-6-2-1-3-7-12/h1-9,15,18H,10-11H2,(H,19,20). The molecule has 2 N–H and O–H groups in total. The lowest BCUT2D eigenvalue weighted by atomic mass is 10.1. The van der Waals surface area contributed by atoms with Gasteiger partial charge in [-0.05, 0) is 18.1 Å². The molecule has 4 heteroatoms. The van der Waals surface area contributed by atoms with E-state index in [-0.39, 0.29) is 12.4 Å². The van der Waals surface area contributed by atoms with Crippen LogP contribution in [0, 0.1) is 5.82 Å². The molecule has 0 heterocycles. The van der Waals surface area contributed by atoms with Crippen molar-refractivity contribution in [3.05, 3.63) is 71.5 Å². The summed E-state index contributed by atoms with van der Waals surface area (Å²) in [5, 5.41) is 12.1. The maximum absolute atomic E-state index is 13.5. The van der Waals surface area contributed by atoms with E-state index in [0.29, 0.717) is 12.0 Å². The molecular formula is C16H16FNO2. The molecular weight excluding hydrogens is 257 g/mol. The van der Waals surface area contributed by atoms with Crippen LogP contribution in [-0.4, -0.2) is 17.1 Å². The van der Waals surface area contributed by atoms with E-state index in [1.807, 2.05) is 30.3 Å². The van der Waals surface area contributed by atoms with Crippen LogP contribution in [-0.2, 0) is 17.8 Å². The summed E-state index contributed by atoms with van der Waals surface area (Å²) < 4.78 is 13.5. The molecule has 0 bridgehead atoms. The van der Waals surface area contributed by atoms with Crippen molar-refractivity contribution >= 4 is 5.97 Å². The van der Waals surface area contributed by atoms with E-state index in [1.165, 1.54) is 6.07 Å². The van der Waals surface area contributed by atoms with Crippen molar-refractivity contribution in [1.29, 1.82) is 0 Å². The number of hydrogen-bond donors (Lipinski definition) is 2. The van der Waals surface area contributed by atoms with Gasteiger partial charge in [-0.15, -0.1) is 0 Å². The maximum Gasteiger partial charge on any atom is 0.321 e. The van der Waals surface area contributed by atoms with E-state index in [1.54, 1.807) is 18.2 Å². The summed E-state index contributed by atoms with van der Waals surface area (Å²) in [4.78, 5) is 11.3. The minimum atomic E-state index is -0.940. The van der Waals surface area contributed by atoms with Gasteiger partial charge in [0, 0.05) is 12.1 Å². The Hall–Kier alpha value is -2.20. The zero-order valence-electron chi connectivity index (χ0n) is 10.9. The highest BCUT2D eigenvalue weighted by Gasteiger charge is 2.17. The summed E-state index contributed by atoms with van der Waals surface area (Å²) in [7, 11) is 0. The Morgan fingerprint density at radius 1 is 1.10 bits per heavy atom. The van der Waals surface area contributed by atoms with Crippen LogP contribution >= 0.6 is 0 Å². The van der Waals surface area contributed by atoms with Gasteiger partial charge in [0.2, 0.25) is 0 Å². The number of halogens is 1. The highest BCUT2D eigenvalue weighted by atomic mass is 19.1. The van der Waals surface area contributed by atoms with E-state index in [2.05, 4.69) is 5.32 Å². The molecule has 1 unspecified atom stereocenters. The predicted molar refractivity (Wildman–Crippen MR) is 74.8 cm³/mol. The van der Waals surface area contributed by atoms with Crippen LogP contribution < -0.4 is 5.32 Å². The first-order valence-electron chi connectivity index (χ1n) is 6.40. The van der Waals surface area contributed by atoms with Crippen LogP contribution in [0.25, 0.3) is 0 Å². The molecule has 0 aliphatic heterocycles. The minimum Gasteiger partial charge on any atom is -0.480 e. The summed E-state index contributed by atoms with van der Waals surface area (Å²) in [5.41, 5.74) is 1.40. The average Bonchev–Trinajstić information content (AvgIpc) is 2.46. The molecule has 0 spiro atoms. The number of benzene rings is 2. The van der Waals surface area contributed by atoms with E-state index in [0.717, 1.165) is 5.56 Å². The van der Waals surface area contributed by atoms with Gasteiger partial charge < -0.3 is 5.11 Å². The smallest absolute Gasteiger partial charge is 0.321 e. The van der Waals surface area contributed by atoms with Crippen molar-refractivity contribution in [3.63, 3.8) is 0 Å². The number of nitrogens with one attached hydrogen (secondary N) is 1. The van der Waals surface area contributed by atoms with E-state index >= 15 is 0 Å². The predicted octanol–water partition coefficient (Wildman–Crippen LogP) is 2.61. The maximum atomic E-state index is 13.5. The molecule has 2 aromatic carbocycles. The monoisotopic (exact) mass is 273 g/mol. The Labute approximate surface area is 117 Å². The SMILES string of the molecule is O=C(O)C(Cc1ccccc1)NCc1ccccc1F. The fraction of sp³-hybridized carbons (Fsp3) is 0.188. The lowest BCUT2D eigenvalue weighted by molar-refractivity contribution is -0.139. The van der Waals surface area contributed by atoms with Crippen molar-refractivity contribution in [2.45, 2.75) is 19.0 Å². The molecule has 2 aromatic rings. The molecule has 2 rings (SSSR count). The number of aliphatic carboxylic acids is 1. The van der Waals surface area contributed by atoms with Crippen molar-refractivity contribution in [3.8, 4) is 0 Å². The normalized spacial score (nSPS) is 12.1. The second kappa shape index (κ2) is 6.82. The first-order valence-corrected chi connectivity index (χ1v) is 6.40. The number of carboxylic acid groups (broad SMARTS) is 1. The molecule has 0 fully saturated rings. The molecule has 0 saturated carbocycles. The Kier molecular flexibility index (Phi) is 4.85. The number of carbonyl (C=O) groups is 1. The third kappa shape index (κ3) is 3.90. The Morgan fingerprint density at radius 3 is 2.40 bits per heavy atom. The van der Waals surface area contributed by atoms with Gasteiger partial charge in [0.05, 0.1) is 0 Å². The summed E-state index contributed by atoms with van der Waals surface area (Å²) in [6, 6.07) is 15.0. The Balaban J connectivity index is 2.00. The molecule has 0 radical (unpaired) electrons. The third-order valence-corrected chi connectivity index (χ3v) is 3.08. The van der Waals surface area contributed by atoms with Crippen LogP contribution in [0.15, 0.2) is 54.6 Å². The van der Waals surface area contributed by atoms with E-state index < -0.39 is 12.0 Å². The minimum absolute atomic E-state index is 0.191. The molecule has 0 amide bonds. The van der Waals surface area contributed by atoms with Gasteiger partial charge in [0.1, 0.15) is 11.9 Å². The van der Waals surface area contributed by atoms with Crippen LogP contribution in [0.4, 0.5) is 4.39 Å². The first kappa shape index (κ1) is 14.2. The Bertz CT molecular complexity index is 572. The molecule has 20 heavy (non-hydrogen) atoms. The first-order chi connectivity index (χ1) is 9.66. The number of carboxylic acids is 1. The summed E-state index contributed by atoms with van der Waals surface area (Å²) in [6.07, 6.45) is 0.366. The molecule has 0 saturated heterocycles. The van der Waals surface area contributed by atoms with Crippen molar-refractivity contribution < 1.29 is 14.3 Å². The highest BCUT2D eigenvalue weighted by Crippen LogP contribution is 2.08. The largest absolute Gasteiger partial charge is 0.480 e. The van der Waals surface area contributed by atoms with Gasteiger partial charge in [0.15, 0.2) is 0 Å². The van der Waals surface area contributed by atoms with E-state index in [4.69, 9.17) is 0 Å². The van der Waals surface area contributed by atoms with Gasteiger partial charge in [-0.3, -0.25) is 10.1 Å². The van der Waals surface area contributed by atoms with Crippen LogP contribution in [0.5, 0.6) is 0 Å². The lowest BCUT2D eigenvalue weighted by Gasteiger charge is -2.15. The molecule has 104 valence electrons. The summed E-state index contributed by atoms with van der Waals surface area (Å²) in [5.74, 6) is -1.27. The fourth-order valence-electron chi connectivity index (χ4n) is 1.97. The quantitative estimate of drug-likeness (QED) is 0.850. The second-order valence-corrected chi connectivity index (χ2v) is 4.55. The number of rotatable bonds is 6. The van der Waals surface area contributed by atoms with Crippen LogP contribution in [0.1, 0.15) is 11.1 Å². The van der Waals surface area contributed by atoms with E-state index in [9.17, 15) is 14.3 Å². The summed E-state index contributed by atoms with van der Waals surface area (Å²) >= 11 is 0. The zero-order valence-corrected chi connectivity index (χ0v) is 10.9. The van der Waals surface area contributed by atoms with Crippen molar-refractivity contribution in [2.75, 3.05) is 0 Å². The van der Waals surface area contributed by atoms with Crippen molar-refractivity contribution in [2.24, 2.45) is 0 Å². The van der Waals surface area contributed by atoms with Gasteiger partial charge in [-0.2, -0.15) is 0 Å². The van der Waals surface area contributed by atoms with Gasteiger partial charge in [-0.25, -0.2) is 4.39 Å². The van der Waals surface area contributed by atoms with Crippen LogP contribution in [0.3, 0.4) is 0 Å². The molecule has 0 aromatic heterocycles. The topological polar surface area (TPSA) is 49.3 Å². The highest BCUT2D eigenvalue weighted by molar-refractivity contribution is 5.73. The molecule has 1 atom stereocenters. The lowest BCUT2D eigenvalue weighted by Crippen LogP contribution is -2.38. The Morgan fingerprint density at radius 2 is 1.75 bits per heavy atom. The average molecular weight is 273 g/mol. The zero-order chi connectivity index (χ0) is 14.4. The molecule has 0 aliphatic carbocycles. The molecule has 3 nitrogen and oxygen atoms in total. The third-order valence-electron chi connectivity index (χ3n) is 3.08.